The van der Waals surface area contributed by atoms with Gasteiger partial charge in [-0.25, -0.2) is 8.42 Å². The topological polar surface area (TPSA) is 63.4 Å². The molecule has 0 unspecified atom stereocenters. The highest BCUT2D eigenvalue weighted by Crippen LogP contribution is 2.22. The van der Waals surface area contributed by atoms with Crippen molar-refractivity contribution in [3.8, 4) is 0 Å². The third-order valence-electron chi connectivity index (χ3n) is 3.32. The molecule has 2 aromatic rings. The quantitative estimate of drug-likeness (QED) is 0.871. The Kier molecular flexibility index (Phi) is 3.54. The van der Waals surface area contributed by atoms with Crippen molar-refractivity contribution < 1.29 is 12.9 Å². The van der Waals surface area contributed by atoms with Crippen LogP contribution < -0.4 is 0 Å². The van der Waals surface area contributed by atoms with E-state index in [0.29, 0.717) is 24.5 Å². The number of hydrogen-bond acceptors (Lipinski definition) is 4. The molecule has 0 saturated carbocycles. The van der Waals surface area contributed by atoms with Gasteiger partial charge in [0.05, 0.1) is 11.9 Å². The molecule has 1 aliphatic rings. The van der Waals surface area contributed by atoms with Crippen molar-refractivity contribution in [2.75, 3.05) is 6.54 Å². The summed E-state index contributed by atoms with van der Waals surface area (Å²) in [5.41, 5.74) is 1.57. The third kappa shape index (κ3) is 2.72. The minimum Gasteiger partial charge on any atom is -0.361 e. The van der Waals surface area contributed by atoms with Crippen LogP contribution in [0.2, 0.25) is 5.02 Å². The van der Waals surface area contributed by atoms with Crippen LogP contribution >= 0.6 is 11.6 Å². The van der Waals surface area contributed by atoms with Crippen molar-refractivity contribution in [3.05, 3.63) is 52.4 Å². The number of aromatic nitrogens is 1. The Morgan fingerprint density at radius 1 is 1.30 bits per heavy atom. The molecule has 2 heterocycles. The first-order valence-electron chi connectivity index (χ1n) is 6.19. The van der Waals surface area contributed by atoms with Gasteiger partial charge < -0.3 is 4.52 Å². The van der Waals surface area contributed by atoms with Gasteiger partial charge in [0.25, 0.3) is 0 Å². The van der Waals surface area contributed by atoms with Crippen molar-refractivity contribution in [3.63, 3.8) is 0 Å². The Labute approximate surface area is 122 Å². The van der Waals surface area contributed by atoms with Gasteiger partial charge in [0.15, 0.2) is 0 Å². The van der Waals surface area contributed by atoms with Gasteiger partial charge in [-0.1, -0.05) is 28.9 Å². The molecular formula is C13H13ClN2O3S. The zero-order valence-corrected chi connectivity index (χ0v) is 12.2. The largest absolute Gasteiger partial charge is 0.361 e. The maximum Gasteiger partial charge on any atom is 0.218 e. The predicted molar refractivity (Wildman–Crippen MR) is 74.7 cm³/mol. The molecule has 1 aliphatic heterocycles. The Morgan fingerprint density at radius 2 is 2.05 bits per heavy atom. The van der Waals surface area contributed by atoms with Crippen LogP contribution in [0, 0.1) is 0 Å². The summed E-state index contributed by atoms with van der Waals surface area (Å²) in [7, 11) is -3.35. The van der Waals surface area contributed by atoms with Crippen LogP contribution in [0.3, 0.4) is 0 Å². The van der Waals surface area contributed by atoms with Gasteiger partial charge in [-0.3, -0.25) is 0 Å². The second kappa shape index (κ2) is 5.20. The lowest BCUT2D eigenvalue weighted by molar-refractivity contribution is 0.331. The summed E-state index contributed by atoms with van der Waals surface area (Å²) in [4.78, 5) is 0. The number of halogens is 1. The predicted octanol–water partition coefficient (Wildman–Crippen LogP) is 2.22. The van der Waals surface area contributed by atoms with E-state index in [1.807, 2.05) is 0 Å². The monoisotopic (exact) mass is 312 g/mol. The molecule has 0 aliphatic carbocycles. The smallest absolute Gasteiger partial charge is 0.218 e. The normalized spacial score (nSPS) is 16.1. The number of benzene rings is 1. The molecule has 0 radical (unpaired) electrons. The number of rotatable bonds is 3. The summed E-state index contributed by atoms with van der Waals surface area (Å²) >= 11 is 5.80. The zero-order valence-electron chi connectivity index (χ0n) is 10.6. The van der Waals surface area contributed by atoms with Crippen LogP contribution in [-0.2, 0) is 28.7 Å². The molecule has 3 rings (SSSR count). The van der Waals surface area contributed by atoms with E-state index >= 15 is 0 Å². The van der Waals surface area contributed by atoms with E-state index in [-0.39, 0.29) is 5.75 Å². The van der Waals surface area contributed by atoms with Crippen LogP contribution in [0.25, 0.3) is 0 Å². The van der Waals surface area contributed by atoms with Gasteiger partial charge in [-0.05, 0) is 17.7 Å². The van der Waals surface area contributed by atoms with Crippen LogP contribution in [0.5, 0.6) is 0 Å². The van der Waals surface area contributed by atoms with Gasteiger partial charge >= 0.3 is 0 Å². The Morgan fingerprint density at radius 3 is 2.80 bits per heavy atom. The molecule has 106 valence electrons. The molecular weight excluding hydrogens is 300 g/mol. The second-order valence-electron chi connectivity index (χ2n) is 4.74. The lowest BCUT2D eigenvalue weighted by atomic mass is 10.1. The maximum atomic E-state index is 12.4. The fraction of sp³-hybridized carbons (Fsp3) is 0.308. The highest BCUT2D eigenvalue weighted by molar-refractivity contribution is 7.88. The Hall–Kier alpha value is -1.37. The molecule has 0 N–H and O–H groups in total. The second-order valence-corrected chi connectivity index (χ2v) is 7.15. The molecule has 1 aromatic heterocycles. The van der Waals surface area contributed by atoms with Gasteiger partial charge in [0.2, 0.25) is 10.0 Å². The fourth-order valence-corrected chi connectivity index (χ4v) is 3.86. The Bertz CT molecular complexity index is 709. The highest BCUT2D eigenvalue weighted by atomic mass is 35.5. The van der Waals surface area contributed by atoms with E-state index in [9.17, 15) is 8.42 Å². The minimum absolute atomic E-state index is 0.0230. The SMILES string of the molecule is O=S(=O)(Cc1ccc(Cl)cc1)N1CCc2oncc2C1. The van der Waals surface area contributed by atoms with E-state index in [1.54, 1.807) is 30.5 Å². The molecule has 1 aromatic carbocycles. The number of hydrogen-bond donors (Lipinski definition) is 0. The summed E-state index contributed by atoms with van der Waals surface area (Å²) in [6, 6.07) is 6.85. The van der Waals surface area contributed by atoms with Gasteiger partial charge in [0, 0.05) is 30.1 Å². The zero-order chi connectivity index (χ0) is 14.2. The van der Waals surface area contributed by atoms with E-state index < -0.39 is 10.0 Å². The molecule has 0 atom stereocenters. The molecule has 0 bridgehead atoms. The molecule has 0 fully saturated rings. The first-order valence-corrected chi connectivity index (χ1v) is 8.18. The average molecular weight is 313 g/mol. The maximum absolute atomic E-state index is 12.4. The summed E-state index contributed by atoms with van der Waals surface area (Å²) < 4.78 is 31.4. The molecule has 0 amide bonds. The van der Waals surface area contributed by atoms with Crippen LogP contribution in [0.1, 0.15) is 16.9 Å². The lowest BCUT2D eigenvalue weighted by Crippen LogP contribution is -2.36. The Balaban J connectivity index is 1.77. The van der Waals surface area contributed by atoms with E-state index in [1.165, 1.54) is 4.31 Å². The van der Waals surface area contributed by atoms with E-state index in [0.717, 1.165) is 16.9 Å². The van der Waals surface area contributed by atoms with Gasteiger partial charge in [-0.2, -0.15) is 4.31 Å². The van der Waals surface area contributed by atoms with Crippen molar-refractivity contribution >= 4 is 21.6 Å². The van der Waals surface area contributed by atoms with Crippen LogP contribution in [0.4, 0.5) is 0 Å². The number of fused-ring (bicyclic) bond motifs is 1. The lowest BCUT2D eigenvalue weighted by Gasteiger charge is -2.24. The standard InChI is InChI=1S/C13H13ClN2O3S/c14-12-3-1-10(2-4-12)9-20(17,18)16-6-5-13-11(8-16)7-15-19-13/h1-4,7H,5-6,8-9H2. The summed E-state index contributed by atoms with van der Waals surface area (Å²) in [6.45, 7) is 0.757. The molecule has 0 saturated heterocycles. The highest BCUT2D eigenvalue weighted by Gasteiger charge is 2.28. The fourth-order valence-electron chi connectivity index (χ4n) is 2.23. The van der Waals surface area contributed by atoms with Crippen molar-refractivity contribution in [2.45, 2.75) is 18.7 Å². The van der Waals surface area contributed by atoms with E-state index in [2.05, 4.69) is 5.16 Å². The average Bonchev–Trinajstić information content (AvgIpc) is 2.88. The molecule has 20 heavy (non-hydrogen) atoms. The van der Waals surface area contributed by atoms with Crippen LogP contribution in [-0.4, -0.2) is 24.4 Å². The number of nitrogens with zero attached hydrogens (tertiary/aromatic N) is 2. The van der Waals surface area contributed by atoms with E-state index in [4.69, 9.17) is 16.1 Å². The van der Waals surface area contributed by atoms with Gasteiger partial charge in [-0.15, -0.1) is 0 Å². The van der Waals surface area contributed by atoms with Crippen molar-refractivity contribution in [1.82, 2.24) is 9.46 Å². The number of sulfonamides is 1. The minimum atomic E-state index is -3.35. The molecule has 7 heteroatoms. The van der Waals surface area contributed by atoms with Crippen molar-refractivity contribution in [1.29, 1.82) is 0 Å². The first kappa shape index (κ1) is 13.6. The third-order valence-corrected chi connectivity index (χ3v) is 5.37. The van der Waals surface area contributed by atoms with Crippen LogP contribution in [0.15, 0.2) is 35.0 Å². The molecule has 5 nitrogen and oxygen atoms in total. The summed E-state index contributed by atoms with van der Waals surface area (Å²) in [5, 5.41) is 4.30. The molecule has 0 spiro atoms. The first-order chi connectivity index (χ1) is 9.54. The summed E-state index contributed by atoms with van der Waals surface area (Å²) in [5.74, 6) is 0.757. The van der Waals surface area contributed by atoms with Crippen molar-refractivity contribution in [2.24, 2.45) is 0 Å². The summed E-state index contributed by atoms with van der Waals surface area (Å²) in [6.07, 6.45) is 2.15. The van der Waals surface area contributed by atoms with Gasteiger partial charge in [0.1, 0.15) is 5.76 Å².